The Kier molecular flexibility index (Phi) is 6.04. The molecule has 144 valence electrons. The summed E-state index contributed by atoms with van der Waals surface area (Å²) < 4.78 is 71.7. The summed E-state index contributed by atoms with van der Waals surface area (Å²) in [5.74, 6) is -11.2. The summed E-state index contributed by atoms with van der Waals surface area (Å²) in [6.45, 7) is 2.76. The van der Waals surface area contributed by atoms with E-state index in [-0.39, 0.29) is 0 Å². The van der Waals surface area contributed by atoms with Crippen molar-refractivity contribution in [2.75, 3.05) is 0 Å². The van der Waals surface area contributed by atoms with Gasteiger partial charge >= 0.3 is 0 Å². The fourth-order valence-electron chi connectivity index (χ4n) is 1.87. The van der Waals surface area contributed by atoms with Crippen molar-refractivity contribution in [2.45, 2.75) is 19.4 Å². The summed E-state index contributed by atoms with van der Waals surface area (Å²) in [6.07, 6.45) is 0.312. The summed E-state index contributed by atoms with van der Waals surface area (Å²) in [7, 11) is 0. The minimum absolute atomic E-state index is 0.309. The molecule has 10 heteroatoms. The lowest BCUT2D eigenvalue weighted by Gasteiger charge is -2.24. The number of amides is 1. The van der Waals surface area contributed by atoms with Gasteiger partial charge in [0.1, 0.15) is 5.75 Å². The van der Waals surface area contributed by atoms with E-state index in [4.69, 9.17) is 16.3 Å². The van der Waals surface area contributed by atoms with Gasteiger partial charge < -0.3 is 4.74 Å². The lowest BCUT2D eigenvalue weighted by Crippen LogP contribution is -2.44. The highest BCUT2D eigenvalue weighted by Gasteiger charge is 2.30. The van der Waals surface area contributed by atoms with Crippen LogP contribution in [0.15, 0.2) is 29.4 Å². The Morgan fingerprint density at radius 3 is 2.00 bits per heavy atom. The van der Waals surface area contributed by atoms with Gasteiger partial charge in [-0.15, -0.1) is 0 Å². The Morgan fingerprint density at radius 2 is 1.48 bits per heavy atom. The Labute approximate surface area is 155 Å². The van der Waals surface area contributed by atoms with E-state index in [1.165, 1.54) is 38.1 Å². The lowest BCUT2D eigenvalue weighted by molar-refractivity contribution is -0.134. The third-order valence-electron chi connectivity index (χ3n) is 3.34. The number of hydrazone groups is 1. The third-order valence-corrected chi connectivity index (χ3v) is 3.59. The largest absolute Gasteiger partial charge is 0.478 e. The molecule has 0 radical (unpaired) electrons. The molecular weight excluding hydrogens is 395 g/mol. The molecule has 0 bridgehead atoms. The monoisotopic (exact) mass is 406 g/mol. The molecule has 0 aromatic heterocycles. The van der Waals surface area contributed by atoms with Crippen molar-refractivity contribution in [1.82, 2.24) is 5.43 Å². The lowest BCUT2D eigenvalue weighted by atomic mass is 10.1. The molecule has 2 aromatic rings. The Bertz CT molecular complexity index is 872. The summed E-state index contributed by atoms with van der Waals surface area (Å²) in [4.78, 5) is 12.1. The number of ether oxygens (including phenoxy) is 1. The van der Waals surface area contributed by atoms with Crippen molar-refractivity contribution in [1.29, 1.82) is 0 Å². The number of hydrogen-bond acceptors (Lipinski definition) is 3. The van der Waals surface area contributed by atoms with Crippen LogP contribution in [0.4, 0.5) is 22.0 Å². The molecule has 0 aliphatic carbocycles. The van der Waals surface area contributed by atoms with E-state index in [1.807, 2.05) is 5.43 Å². The predicted molar refractivity (Wildman–Crippen MR) is 88.1 cm³/mol. The third kappa shape index (κ3) is 4.54. The Morgan fingerprint density at radius 1 is 1.00 bits per heavy atom. The molecule has 1 N–H and O–H groups in total. The van der Waals surface area contributed by atoms with E-state index in [2.05, 4.69) is 5.10 Å². The second kappa shape index (κ2) is 7.91. The number of nitrogens with zero attached hydrogens (tertiary/aromatic N) is 1. The number of carbonyl (C=O) groups excluding carboxylic acids is 1. The summed E-state index contributed by atoms with van der Waals surface area (Å²) in [5, 5.41) is 3.69. The second-order valence-corrected chi connectivity index (χ2v) is 6.19. The summed E-state index contributed by atoms with van der Waals surface area (Å²) in [6, 6.07) is 6.09. The first kappa shape index (κ1) is 20.6. The van der Waals surface area contributed by atoms with Gasteiger partial charge in [0.05, 0.1) is 11.8 Å². The fraction of sp³-hybridized carbons (Fsp3) is 0.176. The van der Waals surface area contributed by atoms with Gasteiger partial charge in [-0.2, -0.15) is 5.10 Å². The van der Waals surface area contributed by atoms with Crippen molar-refractivity contribution in [2.24, 2.45) is 5.10 Å². The van der Waals surface area contributed by atoms with Gasteiger partial charge in [0.2, 0.25) is 5.82 Å². The van der Waals surface area contributed by atoms with Gasteiger partial charge in [-0.25, -0.2) is 27.4 Å². The molecule has 0 unspecified atom stereocenters. The van der Waals surface area contributed by atoms with E-state index in [0.29, 0.717) is 17.0 Å². The van der Waals surface area contributed by atoms with Gasteiger partial charge in [-0.05, 0) is 38.1 Å². The predicted octanol–water partition coefficient (Wildman–Crippen LogP) is 4.34. The molecule has 0 fully saturated rings. The maximum atomic E-state index is 13.5. The maximum Gasteiger partial charge on any atom is 0.283 e. The van der Waals surface area contributed by atoms with Crippen molar-refractivity contribution in [3.8, 4) is 5.75 Å². The normalized spacial score (nSPS) is 11.7. The summed E-state index contributed by atoms with van der Waals surface area (Å²) >= 11 is 5.74. The Hall–Kier alpha value is -2.68. The number of nitrogens with one attached hydrogen (secondary N) is 1. The van der Waals surface area contributed by atoms with Crippen molar-refractivity contribution in [3.63, 3.8) is 0 Å². The van der Waals surface area contributed by atoms with E-state index in [9.17, 15) is 26.7 Å². The maximum absolute atomic E-state index is 13.5. The SMILES string of the molecule is CC(C)(Oc1ccc(Cl)cc1)C(=O)N/N=C/c1c(F)c(F)c(F)c(F)c1F. The molecule has 27 heavy (non-hydrogen) atoms. The highest BCUT2D eigenvalue weighted by Crippen LogP contribution is 2.22. The molecule has 0 aliphatic rings. The highest BCUT2D eigenvalue weighted by atomic mass is 35.5. The van der Waals surface area contributed by atoms with Crippen LogP contribution in [0.1, 0.15) is 19.4 Å². The smallest absolute Gasteiger partial charge is 0.283 e. The second-order valence-electron chi connectivity index (χ2n) is 5.75. The van der Waals surface area contributed by atoms with Gasteiger partial charge in [-0.1, -0.05) is 11.6 Å². The van der Waals surface area contributed by atoms with Gasteiger partial charge in [0.25, 0.3) is 5.91 Å². The number of rotatable bonds is 5. The molecule has 1 amide bonds. The van der Waals surface area contributed by atoms with Crippen LogP contribution in [-0.4, -0.2) is 17.7 Å². The van der Waals surface area contributed by atoms with E-state index in [1.54, 1.807) is 0 Å². The number of carbonyl (C=O) groups is 1. The van der Waals surface area contributed by atoms with E-state index in [0.717, 1.165) is 0 Å². The number of benzene rings is 2. The standard InChI is InChI=1S/C17H12ClF5N2O2/c1-17(2,27-9-5-3-8(18)4-6-9)16(26)25-24-7-10-11(19)13(21)15(23)14(22)12(10)20/h3-7H,1-2H3,(H,25,26)/b24-7+. The minimum atomic E-state index is -2.29. The molecule has 0 spiro atoms. The molecule has 0 aliphatic heterocycles. The quantitative estimate of drug-likeness (QED) is 0.264. The minimum Gasteiger partial charge on any atom is -0.478 e. The Balaban J connectivity index is 2.14. The molecule has 0 saturated heterocycles. The zero-order chi connectivity index (χ0) is 20.4. The molecule has 0 atom stereocenters. The highest BCUT2D eigenvalue weighted by molar-refractivity contribution is 6.30. The zero-order valence-corrected chi connectivity index (χ0v) is 14.7. The first-order chi connectivity index (χ1) is 12.5. The van der Waals surface area contributed by atoms with E-state index < -0.39 is 46.2 Å². The van der Waals surface area contributed by atoms with Gasteiger partial charge in [0.15, 0.2) is 28.9 Å². The fourth-order valence-corrected chi connectivity index (χ4v) is 1.99. The zero-order valence-electron chi connectivity index (χ0n) is 13.9. The molecule has 0 saturated carbocycles. The molecular formula is C17H12ClF5N2O2. The first-order valence-corrected chi connectivity index (χ1v) is 7.72. The van der Waals surface area contributed by atoms with E-state index >= 15 is 0 Å². The van der Waals surface area contributed by atoms with Crippen molar-refractivity contribution in [3.05, 3.63) is 63.9 Å². The average Bonchev–Trinajstić information content (AvgIpc) is 2.62. The number of halogens is 6. The molecule has 0 heterocycles. The van der Waals surface area contributed by atoms with Crippen LogP contribution in [0.2, 0.25) is 5.02 Å². The number of hydrogen-bond donors (Lipinski definition) is 1. The van der Waals surface area contributed by atoms with Crippen LogP contribution in [0.5, 0.6) is 5.75 Å². The van der Waals surface area contributed by atoms with Crippen LogP contribution in [0.25, 0.3) is 0 Å². The molecule has 2 aromatic carbocycles. The van der Waals surface area contributed by atoms with Crippen LogP contribution in [0.3, 0.4) is 0 Å². The molecule has 4 nitrogen and oxygen atoms in total. The molecule has 2 rings (SSSR count). The van der Waals surface area contributed by atoms with Gasteiger partial charge in [-0.3, -0.25) is 4.79 Å². The van der Waals surface area contributed by atoms with Crippen molar-refractivity contribution >= 4 is 23.7 Å². The van der Waals surface area contributed by atoms with Crippen LogP contribution < -0.4 is 10.2 Å². The summed E-state index contributed by atoms with van der Waals surface area (Å²) in [5.41, 5.74) is -0.841. The van der Waals surface area contributed by atoms with Crippen LogP contribution in [0, 0.1) is 29.1 Å². The van der Waals surface area contributed by atoms with Gasteiger partial charge in [0, 0.05) is 5.02 Å². The van der Waals surface area contributed by atoms with Crippen molar-refractivity contribution < 1.29 is 31.5 Å². The topological polar surface area (TPSA) is 50.7 Å². The van der Waals surface area contributed by atoms with Crippen LogP contribution >= 0.6 is 11.6 Å². The van der Waals surface area contributed by atoms with Crippen LogP contribution in [-0.2, 0) is 4.79 Å². The first-order valence-electron chi connectivity index (χ1n) is 7.34. The average molecular weight is 407 g/mol.